The van der Waals surface area contributed by atoms with Gasteiger partial charge in [0.15, 0.2) is 16.6 Å². The second-order valence-electron chi connectivity index (χ2n) is 5.65. The molecule has 0 aromatic heterocycles. The fourth-order valence-corrected chi connectivity index (χ4v) is 2.38. The molecular weight excluding hydrogens is 308 g/mol. The number of aromatic hydroxyl groups is 2. The van der Waals surface area contributed by atoms with Crippen molar-refractivity contribution in [2.24, 2.45) is 0 Å². The molecule has 0 unspecified atom stereocenters. The van der Waals surface area contributed by atoms with E-state index in [4.69, 9.17) is 12.2 Å². The molecule has 5 heteroatoms. The smallest absolute Gasteiger partial charge is 0.168 e. The van der Waals surface area contributed by atoms with Gasteiger partial charge in [0, 0.05) is 20.1 Å². The van der Waals surface area contributed by atoms with Gasteiger partial charge in [-0.2, -0.15) is 0 Å². The van der Waals surface area contributed by atoms with Gasteiger partial charge >= 0.3 is 0 Å². The van der Waals surface area contributed by atoms with Crippen molar-refractivity contribution in [3.8, 4) is 11.5 Å². The highest BCUT2D eigenvalue weighted by atomic mass is 32.1. The molecule has 0 heterocycles. The first-order chi connectivity index (χ1) is 11.0. The zero-order chi connectivity index (χ0) is 16.8. The van der Waals surface area contributed by atoms with Crippen molar-refractivity contribution in [3.05, 3.63) is 59.2 Å². The van der Waals surface area contributed by atoms with Gasteiger partial charge in [-0.05, 0) is 48.8 Å². The van der Waals surface area contributed by atoms with Crippen LogP contribution >= 0.6 is 12.2 Å². The molecule has 122 valence electrons. The third-order valence-electron chi connectivity index (χ3n) is 3.62. The summed E-state index contributed by atoms with van der Waals surface area (Å²) in [5.74, 6) is -0.232. The quantitative estimate of drug-likeness (QED) is 0.581. The lowest BCUT2D eigenvalue weighted by Gasteiger charge is -2.21. The highest BCUT2D eigenvalue weighted by Crippen LogP contribution is 2.25. The van der Waals surface area contributed by atoms with E-state index in [2.05, 4.69) is 36.5 Å². The molecule has 0 aliphatic heterocycles. The summed E-state index contributed by atoms with van der Waals surface area (Å²) in [4.78, 5) is 1.90. The standard InChI is InChI=1S/C18H22N2O2S/c1-13-3-5-14(6-4-13)9-10-19-18(23)20(2)12-15-7-8-16(21)17(22)11-15/h3-8,11,21-22H,9-10,12H2,1-2H3,(H,19,23). The fourth-order valence-electron chi connectivity index (χ4n) is 2.22. The number of hydrogen-bond acceptors (Lipinski definition) is 3. The molecule has 0 aliphatic carbocycles. The van der Waals surface area contributed by atoms with E-state index in [1.54, 1.807) is 12.1 Å². The fraction of sp³-hybridized carbons (Fsp3) is 0.278. The molecule has 4 nitrogen and oxygen atoms in total. The molecule has 0 bridgehead atoms. The number of nitrogens with one attached hydrogen (secondary N) is 1. The first-order valence-electron chi connectivity index (χ1n) is 7.51. The Hall–Kier alpha value is -2.27. The number of phenols is 2. The number of rotatable bonds is 5. The maximum absolute atomic E-state index is 9.52. The Morgan fingerprint density at radius 1 is 1.04 bits per heavy atom. The molecule has 2 aromatic carbocycles. The second-order valence-corrected chi connectivity index (χ2v) is 6.03. The molecule has 0 fully saturated rings. The van der Waals surface area contributed by atoms with Crippen LogP contribution in [-0.2, 0) is 13.0 Å². The van der Waals surface area contributed by atoms with Crippen molar-refractivity contribution in [2.75, 3.05) is 13.6 Å². The minimum absolute atomic E-state index is 0.116. The van der Waals surface area contributed by atoms with Crippen molar-refractivity contribution >= 4 is 17.3 Å². The molecule has 23 heavy (non-hydrogen) atoms. The lowest BCUT2D eigenvalue weighted by atomic mass is 10.1. The van der Waals surface area contributed by atoms with Crippen molar-refractivity contribution in [3.63, 3.8) is 0 Å². The van der Waals surface area contributed by atoms with Crippen LogP contribution < -0.4 is 5.32 Å². The topological polar surface area (TPSA) is 55.7 Å². The van der Waals surface area contributed by atoms with Gasteiger partial charge in [0.25, 0.3) is 0 Å². The lowest BCUT2D eigenvalue weighted by Crippen LogP contribution is -2.37. The minimum atomic E-state index is -0.117. The van der Waals surface area contributed by atoms with Crippen LogP contribution in [-0.4, -0.2) is 33.8 Å². The van der Waals surface area contributed by atoms with Gasteiger partial charge in [-0.25, -0.2) is 0 Å². The van der Waals surface area contributed by atoms with E-state index in [0.717, 1.165) is 18.5 Å². The van der Waals surface area contributed by atoms with Crippen molar-refractivity contribution < 1.29 is 10.2 Å². The summed E-state index contributed by atoms with van der Waals surface area (Å²) in [5.41, 5.74) is 3.41. The van der Waals surface area contributed by atoms with Gasteiger partial charge in [0.2, 0.25) is 0 Å². The SMILES string of the molecule is Cc1ccc(CCNC(=S)N(C)Cc2ccc(O)c(O)c2)cc1. The summed E-state index contributed by atoms with van der Waals surface area (Å²) in [7, 11) is 1.89. The monoisotopic (exact) mass is 330 g/mol. The summed E-state index contributed by atoms with van der Waals surface area (Å²) in [6, 6.07) is 13.3. The van der Waals surface area contributed by atoms with Gasteiger partial charge in [0.1, 0.15) is 0 Å². The Labute approximate surface area is 142 Å². The lowest BCUT2D eigenvalue weighted by molar-refractivity contribution is 0.401. The van der Waals surface area contributed by atoms with E-state index in [9.17, 15) is 10.2 Å². The van der Waals surface area contributed by atoms with E-state index in [0.29, 0.717) is 11.7 Å². The number of phenolic OH excluding ortho intramolecular Hbond substituents is 2. The van der Waals surface area contributed by atoms with Crippen LogP contribution in [0.3, 0.4) is 0 Å². The van der Waals surface area contributed by atoms with E-state index in [-0.39, 0.29) is 11.5 Å². The molecule has 0 saturated carbocycles. The summed E-state index contributed by atoms with van der Waals surface area (Å²) in [6.07, 6.45) is 0.911. The second kappa shape index (κ2) is 7.83. The normalized spacial score (nSPS) is 10.3. The average Bonchev–Trinajstić information content (AvgIpc) is 2.52. The van der Waals surface area contributed by atoms with Crippen molar-refractivity contribution in [1.29, 1.82) is 0 Å². The van der Waals surface area contributed by atoms with Gasteiger partial charge in [-0.15, -0.1) is 0 Å². The van der Waals surface area contributed by atoms with Gasteiger partial charge in [-0.3, -0.25) is 0 Å². The van der Waals surface area contributed by atoms with Crippen LogP contribution in [0.25, 0.3) is 0 Å². The van der Waals surface area contributed by atoms with Crippen LogP contribution in [0.5, 0.6) is 11.5 Å². The molecule has 0 aliphatic rings. The van der Waals surface area contributed by atoms with E-state index in [1.807, 2.05) is 11.9 Å². The van der Waals surface area contributed by atoms with Crippen LogP contribution in [0.15, 0.2) is 42.5 Å². The Bertz CT molecular complexity index is 671. The summed E-state index contributed by atoms with van der Waals surface area (Å²) >= 11 is 5.37. The van der Waals surface area contributed by atoms with Crippen LogP contribution in [0.2, 0.25) is 0 Å². The predicted molar refractivity (Wildman–Crippen MR) is 96.7 cm³/mol. The maximum atomic E-state index is 9.52. The highest BCUT2D eigenvalue weighted by Gasteiger charge is 2.07. The van der Waals surface area contributed by atoms with Crippen LogP contribution in [0.4, 0.5) is 0 Å². The minimum Gasteiger partial charge on any atom is -0.504 e. The van der Waals surface area contributed by atoms with E-state index < -0.39 is 0 Å². The molecule has 2 rings (SSSR count). The third kappa shape index (κ3) is 5.14. The summed E-state index contributed by atoms with van der Waals surface area (Å²) < 4.78 is 0. The van der Waals surface area contributed by atoms with Gasteiger partial charge in [0.05, 0.1) is 0 Å². The van der Waals surface area contributed by atoms with E-state index in [1.165, 1.54) is 17.2 Å². The Morgan fingerprint density at radius 3 is 2.35 bits per heavy atom. The van der Waals surface area contributed by atoms with E-state index >= 15 is 0 Å². The number of nitrogens with zero attached hydrogens (tertiary/aromatic N) is 1. The third-order valence-corrected chi connectivity index (χ3v) is 4.07. The number of thiocarbonyl (C=S) groups is 1. The molecule has 0 atom stereocenters. The number of benzene rings is 2. The molecular formula is C18H22N2O2S. The predicted octanol–water partition coefficient (Wildman–Crippen LogP) is 2.96. The maximum Gasteiger partial charge on any atom is 0.168 e. The Balaban J connectivity index is 1.80. The molecule has 2 aromatic rings. The Morgan fingerprint density at radius 2 is 1.70 bits per heavy atom. The molecule has 3 N–H and O–H groups in total. The summed E-state index contributed by atoms with van der Waals surface area (Å²) in [6.45, 7) is 3.41. The molecule has 0 radical (unpaired) electrons. The van der Waals surface area contributed by atoms with Crippen molar-refractivity contribution in [2.45, 2.75) is 19.9 Å². The molecule has 0 spiro atoms. The van der Waals surface area contributed by atoms with Crippen molar-refractivity contribution in [1.82, 2.24) is 10.2 Å². The van der Waals surface area contributed by atoms with Gasteiger partial charge < -0.3 is 20.4 Å². The highest BCUT2D eigenvalue weighted by molar-refractivity contribution is 7.80. The van der Waals surface area contributed by atoms with Crippen LogP contribution in [0.1, 0.15) is 16.7 Å². The number of hydrogen-bond donors (Lipinski definition) is 3. The molecule has 0 amide bonds. The molecule has 0 saturated heterocycles. The zero-order valence-electron chi connectivity index (χ0n) is 13.4. The zero-order valence-corrected chi connectivity index (χ0v) is 14.2. The van der Waals surface area contributed by atoms with Crippen LogP contribution in [0, 0.1) is 6.92 Å². The van der Waals surface area contributed by atoms with Gasteiger partial charge in [-0.1, -0.05) is 35.9 Å². The summed E-state index contributed by atoms with van der Waals surface area (Å²) in [5, 5.41) is 22.7. The first-order valence-corrected chi connectivity index (χ1v) is 7.92. The average molecular weight is 330 g/mol. The number of aryl methyl sites for hydroxylation is 1. The Kier molecular flexibility index (Phi) is 5.82. The first kappa shape index (κ1) is 17.1. The largest absolute Gasteiger partial charge is 0.504 e.